The summed E-state index contributed by atoms with van der Waals surface area (Å²) in [7, 11) is 1.41. The monoisotopic (exact) mass is 329 g/mol. The standard InChI is InChI=1S/C13H10F3N3O4/c1-7-10(11(20)19(2)17-7)18-23-12(21)8-3-5-9(6-4-8)22-13(14,15)16/h3-6H,1-2H3. The Morgan fingerprint density at radius 2 is 1.87 bits per heavy atom. The molecular formula is C13H10F3N3O4. The molecule has 0 atom stereocenters. The number of oxime groups is 1. The fourth-order valence-electron chi connectivity index (χ4n) is 1.66. The van der Waals surface area contributed by atoms with Crippen molar-refractivity contribution in [2.45, 2.75) is 13.3 Å². The van der Waals surface area contributed by atoms with E-state index in [1.807, 2.05) is 0 Å². The summed E-state index contributed by atoms with van der Waals surface area (Å²) in [6.07, 6.45) is -4.82. The molecule has 0 fully saturated rings. The van der Waals surface area contributed by atoms with Crippen molar-refractivity contribution in [2.75, 3.05) is 7.05 Å². The van der Waals surface area contributed by atoms with Crippen LogP contribution in [0.1, 0.15) is 17.3 Å². The number of carbonyl (C=O) groups is 2. The minimum Gasteiger partial charge on any atom is -0.406 e. The Kier molecular flexibility index (Phi) is 4.34. The van der Waals surface area contributed by atoms with Gasteiger partial charge in [0, 0.05) is 7.05 Å². The SMILES string of the molecule is CC1=NN(C)C(=O)C1=NOC(=O)c1ccc(OC(F)(F)F)cc1. The molecule has 0 spiro atoms. The van der Waals surface area contributed by atoms with E-state index in [1.165, 1.54) is 14.0 Å². The fourth-order valence-corrected chi connectivity index (χ4v) is 1.66. The Bertz CT molecular complexity index is 695. The van der Waals surface area contributed by atoms with Crippen LogP contribution in [-0.4, -0.2) is 41.7 Å². The Morgan fingerprint density at radius 3 is 2.35 bits per heavy atom. The van der Waals surface area contributed by atoms with Gasteiger partial charge in [-0.05, 0) is 31.2 Å². The summed E-state index contributed by atoms with van der Waals surface area (Å²) in [5, 5.41) is 8.26. The fraction of sp³-hybridized carbons (Fsp3) is 0.231. The lowest BCUT2D eigenvalue weighted by Gasteiger charge is -2.08. The number of ether oxygens (including phenoxy) is 1. The van der Waals surface area contributed by atoms with Crippen LogP contribution in [-0.2, 0) is 9.63 Å². The Hall–Kier alpha value is -2.91. The molecule has 1 heterocycles. The van der Waals surface area contributed by atoms with Crippen molar-refractivity contribution >= 4 is 23.3 Å². The van der Waals surface area contributed by atoms with Gasteiger partial charge in [0.2, 0.25) is 0 Å². The molecule has 1 aromatic rings. The lowest BCUT2D eigenvalue weighted by Crippen LogP contribution is -2.24. The molecule has 0 saturated heterocycles. The lowest BCUT2D eigenvalue weighted by molar-refractivity contribution is -0.274. The van der Waals surface area contributed by atoms with Gasteiger partial charge >= 0.3 is 12.3 Å². The van der Waals surface area contributed by atoms with Crippen molar-refractivity contribution in [3.05, 3.63) is 29.8 Å². The van der Waals surface area contributed by atoms with E-state index in [-0.39, 0.29) is 17.0 Å². The molecule has 7 nitrogen and oxygen atoms in total. The first-order valence-corrected chi connectivity index (χ1v) is 6.16. The van der Waals surface area contributed by atoms with Gasteiger partial charge < -0.3 is 9.57 Å². The van der Waals surface area contributed by atoms with Crippen LogP contribution in [0, 0.1) is 0 Å². The molecule has 1 aliphatic rings. The molecule has 0 aromatic heterocycles. The highest BCUT2D eigenvalue weighted by atomic mass is 19.4. The highest BCUT2D eigenvalue weighted by Gasteiger charge is 2.31. The molecule has 1 aromatic carbocycles. The van der Waals surface area contributed by atoms with E-state index >= 15 is 0 Å². The summed E-state index contributed by atoms with van der Waals surface area (Å²) in [5.41, 5.74) is 0.0920. The quantitative estimate of drug-likeness (QED) is 0.627. The number of hydrogen-bond acceptors (Lipinski definition) is 6. The number of benzene rings is 1. The molecule has 1 aliphatic heterocycles. The predicted octanol–water partition coefficient (Wildman–Crippen LogP) is 1.95. The van der Waals surface area contributed by atoms with Crippen LogP contribution >= 0.6 is 0 Å². The summed E-state index contributed by atoms with van der Waals surface area (Å²) in [6, 6.07) is 4.07. The summed E-state index contributed by atoms with van der Waals surface area (Å²) >= 11 is 0. The van der Waals surface area contributed by atoms with Gasteiger partial charge in [0.25, 0.3) is 5.91 Å². The second-order valence-electron chi connectivity index (χ2n) is 4.40. The molecule has 0 aliphatic carbocycles. The van der Waals surface area contributed by atoms with Gasteiger partial charge in [0.05, 0.1) is 11.3 Å². The topological polar surface area (TPSA) is 80.6 Å². The zero-order valence-corrected chi connectivity index (χ0v) is 11.9. The first-order valence-electron chi connectivity index (χ1n) is 6.16. The number of amides is 1. The molecule has 10 heteroatoms. The normalized spacial score (nSPS) is 16.6. The van der Waals surface area contributed by atoms with Crippen LogP contribution in [0.5, 0.6) is 5.75 Å². The number of hydrogen-bond donors (Lipinski definition) is 0. The number of rotatable bonds is 3. The third kappa shape index (κ3) is 4.05. The van der Waals surface area contributed by atoms with Gasteiger partial charge in [-0.3, -0.25) is 4.79 Å². The van der Waals surface area contributed by atoms with Crippen molar-refractivity contribution in [1.29, 1.82) is 0 Å². The summed E-state index contributed by atoms with van der Waals surface area (Å²) in [5.74, 6) is -1.95. The van der Waals surface area contributed by atoms with Gasteiger partial charge in [-0.2, -0.15) is 5.10 Å². The van der Waals surface area contributed by atoms with Crippen LogP contribution in [0.2, 0.25) is 0 Å². The number of halogens is 3. The number of carbonyl (C=O) groups excluding carboxylic acids is 2. The number of alkyl halides is 3. The minimum absolute atomic E-state index is 0.0581. The molecule has 0 saturated carbocycles. The molecule has 2 rings (SSSR count). The highest BCUT2D eigenvalue weighted by molar-refractivity contribution is 6.68. The second kappa shape index (κ2) is 6.07. The lowest BCUT2D eigenvalue weighted by atomic mass is 10.2. The molecule has 1 amide bonds. The average Bonchev–Trinajstić information content (AvgIpc) is 2.69. The maximum Gasteiger partial charge on any atom is 0.573 e. The van der Waals surface area contributed by atoms with Crippen molar-refractivity contribution in [2.24, 2.45) is 10.3 Å². The molecule has 0 unspecified atom stereocenters. The summed E-state index contributed by atoms with van der Waals surface area (Å²) in [6.45, 7) is 1.51. The molecule has 122 valence electrons. The molecule has 0 N–H and O–H groups in total. The smallest absolute Gasteiger partial charge is 0.406 e. The van der Waals surface area contributed by atoms with E-state index in [0.29, 0.717) is 0 Å². The summed E-state index contributed by atoms with van der Waals surface area (Å²) < 4.78 is 39.7. The van der Waals surface area contributed by atoms with Gasteiger partial charge in [-0.1, -0.05) is 5.16 Å². The average molecular weight is 329 g/mol. The number of hydrazone groups is 1. The molecule has 0 bridgehead atoms. The zero-order valence-electron chi connectivity index (χ0n) is 11.9. The first kappa shape index (κ1) is 16.5. The van der Waals surface area contributed by atoms with E-state index in [4.69, 9.17) is 0 Å². The third-order valence-corrected chi connectivity index (χ3v) is 2.68. The maximum absolute atomic E-state index is 12.0. The third-order valence-electron chi connectivity index (χ3n) is 2.68. The van der Waals surface area contributed by atoms with E-state index < -0.39 is 24.0 Å². The van der Waals surface area contributed by atoms with Gasteiger partial charge in [0.1, 0.15) is 5.75 Å². The van der Waals surface area contributed by atoms with Crippen LogP contribution in [0.3, 0.4) is 0 Å². The first-order chi connectivity index (χ1) is 10.7. The predicted molar refractivity (Wildman–Crippen MR) is 71.9 cm³/mol. The van der Waals surface area contributed by atoms with Crippen LogP contribution in [0.15, 0.2) is 34.5 Å². The van der Waals surface area contributed by atoms with Crippen LogP contribution in [0.25, 0.3) is 0 Å². The molecule has 23 heavy (non-hydrogen) atoms. The van der Waals surface area contributed by atoms with E-state index in [0.717, 1.165) is 29.3 Å². The zero-order chi connectivity index (χ0) is 17.2. The van der Waals surface area contributed by atoms with E-state index in [1.54, 1.807) is 0 Å². The largest absolute Gasteiger partial charge is 0.573 e. The van der Waals surface area contributed by atoms with Gasteiger partial charge in [-0.25, -0.2) is 9.80 Å². The Morgan fingerprint density at radius 1 is 1.26 bits per heavy atom. The Labute approximate surface area is 128 Å². The maximum atomic E-state index is 12.0. The van der Waals surface area contributed by atoms with Crippen molar-refractivity contribution in [3.8, 4) is 5.75 Å². The van der Waals surface area contributed by atoms with Crippen LogP contribution < -0.4 is 4.74 Å². The highest BCUT2D eigenvalue weighted by Crippen LogP contribution is 2.22. The molecule has 0 radical (unpaired) electrons. The van der Waals surface area contributed by atoms with Crippen molar-refractivity contribution < 1.29 is 32.3 Å². The summed E-state index contributed by atoms with van der Waals surface area (Å²) in [4.78, 5) is 27.9. The Balaban J connectivity index is 2.04. The van der Waals surface area contributed by atoms with E-state index in [9.17, 15) is 22.8 Å². The van der Waals surface area contributed by atoms with Crippen molar-refractivity contribution in [1.82, 2.24) is 5.01 Å². The van der Waals surface area contributed by atoms with Gasteiger partial charge in [0.15, 0.2) is 5.71 Å². The molecular weight excluding hydrogens is 319 g/mol. The van der Waals surface area contributed by atoms with E-state index in [2.05, 4.69) is 19.8 Å². The number of nitrogens with zero attached hydrogens (tertiary/aromatic N) is 3. The van der Waals surface area contributed by atoms with Gasteiger partial charge in [-0.15, -0.1) is 13.2 Å². The van der Waals surface area contributed by atoms with Crippen LogP contribution in [0.4, 0.5) is 13.2 Å². The minimum atomic E-state index is -4.82. The second-order valence-corrected chi connectivity index (χ2v) is 4.40. The van der Waals surface area contributed by atoms with Crippen molar-refractivity contribution in [3.63, 3.8) is 0 Å².